The lowest BCUT2D eigenvalue weighted by molar-refractivity contribution is -0.368. The third-order valence-electron chi connectivity index (χ3n) is 11.8. The minimum Gasteiger partial charge on any atom is -0.756 e. The summed E-state index contributed by atoms with van der Waals surface area (Å²) in [7, 11) is -4.79. The molecule has 0 heterocycles. The molecule has 11 nitrogen and oxygen atoms in total. The molecule has 0 aromatic heterocycles. The van der Waals surface area contributed by atoms with Crippen LogP contribution in [0.15, 0.2) is 24.3 Å². The first kappa shape index (κ1) is 63.0. The zero-order valence-corrected chi connectivity index (χ0v) is 43.0. The highest BCUT2D eigenvalue weighted by molar-refractivity contribution is 7.45. The lowest BCUT2D eigenvalue weighted by atomic mass is 10.1. The van der Waals surface area contributed by atoms with Crippen molar-refractivity contribution in [3.8, 4) is 0 Å². The van der Waals surface area contributed by atoms with Gasteiger partial charge in [0.25, 0.3) is 7.82 Å². The van der Waals surface area contributed by atoms with Crippen molar-refractivity contribution in [2.45, 2.75) is 264 Å². The van der Waals surface area contributed by atoms with Gasteiger partial charge in [-0.05, 0) is 83.5 Å². The quantitative estimate of drug-likeness (QED) is 0.0261. The first-order valence-corrected chi connectivity index (χ1v) is 28.5. The second-order valence-electron chi connectivity index (χ2n) is 18.2. The Labute approximate surface area is 399 Å². The fourth-order valence-corrected chi connectivity index (χ4v) is 8.39. The molecule has 0 saturated carbocycles. The zero-order valence-electron chi connectivity index (χ0n) is 42.1. The summed E-state index contributed by atoms with van der Waals surface area (Å²) in [6.07, 6.45) is 49.2. The van der Waals surface area contributed by atoms with Crippen molar-refractivity contribution in [1.82, 2.24) is 5.32 Å². The van der Waals surface area contributed by atoms with Gasteiger partial charge in [0.15, 0.2) is 6.10 Å². The third kappa shape index (κ3) is 49.7. The monoisotopic (exact) mass is 941 g/mol. The van der Waals surface area contributed by atoms with Crippen LogP contribution in [0.1, 0.15) is 258 Å². The van der Waals surface area contributed by atoms with E-state index in [0.29, 0.717) is 19.3 Å². The number of ether oxygens (including phenoxy) is 2. The smallest absolute Gasteiger partial charge is 0.306 e. The Kier molecular flexibility index (Phi) is 48.3. The summed E-state index contributed by atoms with van der Waals surface area (Å²) in [4.78, 5) is 50.2. The minimum absolute atomic E-state index is 0.0179. The maximum atomic E-state index is 12.8. The Morgan fingerprint density at radius 3 is 1.34 bits per heavy atom. The predicted molar refractivity (Wildman–Crippen MR) is 266 cm³/mol. The van der Waals surface area contributed by atoms with Gasteiger partial charge >= 0.3 is 11.9 Å². The van der Waals surface area contributed by atoms with Gasteiger partial charge < -0.3 is 34.5 Å². The van der Waals surface area contributed by atoms with E-state index >= 15 is 0 Å². The summed E-state index contributed by atoms with van der Waals surface area (Å²) in [6, 6.07) is 0. The van der Waals surface area contributed by atoms with Crippen LogP contribution >= 0.6 is 7.82 Å². The molecule has 382 valence electrons. The first-order chi connectivity index (χ1) is 31.7. The highest BCUT2D eigenvalue weighted by atomic mass is 31.2. The number of esters is 2. The highest BCUT2D eigenvalue weighted by Crippen LogP contribution is 2.38. The molecule has 0 aromatic carbocycles. The number of phosphoric ester groups is 1. The van der Waals surface area contributed by atoms with Gasteiger partial charge in [-0.25, -0.2) is 0 Å². The van der Waals surface area contributed by atoms with Crippen LogP contribution in [0.4, 0.5) is 0 Å². The number of allylic oxidation sites excluding steroid dienone is 4. The lowest BCUT2D eigenvalue weighted by Crippen LogP contribution is -2.50. The van der Waals surface area contributed by atoms with Gasteiger partial charge in [0, 0.05) is 25.8 Å². The van der Waals surface area contributed by atoms with E-state index in [2.05, 4.69) is 49.2 Å². The molecular formula is C53H101N2O9P. The molecule has 0 aliphatic heterocycles. The molecule has 0 rings (SSSR count). The average Bonchev–Trinajstić information content (AvgIpc) is 3.29. The number of quaternary nitrogens is 1. The van der Waals surface area contributed by atoms with E-state index in [1.807, 2.05) is 0 Å². The standard InChI is InChI=1S/C53H101N2O9P/c1-3-5-7-9-11-13-15-17-19-21-23-27-31-35-39-43-52(57)61-48-50(64-53(58)44-40-36-32-28-24-22-20-18-16-14-12-10-8-6-4-2)49-63-65(59,60)62-47-46-55-51(56)42-38-34-30-26-25-29-33-37-41-45-54/h17-20,50H,3-16,21-49,54H2,1-2H3,(H,55,56)(H,59,60). The molecule has 0 aliphatic rings. The molecule has 0 spiro atoms. The molecule has 12 heteroatoms. The van der Waals surface area contributed by atoms with Crippen molar-refractivity contribution in [3.05, 3.63) is 24.3 Å². The average molecular weight is 941 g/mol. The number of phosphoric acid groups is 1. The largest absolute Gasteiger partial charge is 0.756 e. The maximum Gasteiger partial charge on any atom is 0.306 e. The van der Waals surface area contributed by atoms with Crippen molar-refractivity contribution in [2.24, 2.45) is 0 Å². The Morgan fingerprint density at radius 2 is 0.892 bits per heavy atom. The number of carbonyl (C=O) groups excluding carboxylic acids is 3. The molecule has 0 aromatic rings. The number of carbonyl (C=O) groups is 3. The summed E-state index contributed by atoms with van der Waals surface area (Å²) < 4.78 is 33.6. The van der Waals surface area contributed by atoms with Gasteiger partial charge in [-0.3, -0.25) is 18.9 Å². The second-order valence-corrected chi connectivity index (χ2v) is 19.6. The normalized spacial score (nSPS) is 13.1. The van der Waals surface area contributed by atoms with Crippen molar-refractivity contribution in [1.29, 1.82) is 0 Å². The van der Waals surface area contributed by atoms with Crippen molar-refractivity contribution in [3.63, 3.8) is 0 Å². The minimum atomic E-state index is -4.79. The molecule has 0 saturated heterocycles. The Balaban J connectivity index is 4.55. The molecule has 65 heavy (non-hydrogen) atoms. The summed E-state index contributed by atoms with van der Waals surface area (Å²) in [6.45, 7) is 4.38. The molecule has 0 bridgehead atoms. The molecule has 2 unspecified atom stereocenters. The summed E-state index contributed by atoms with van der Waals surface area (Å²) in [5.41, 5.74) is 3.88. The van der Waals surface area contributed by atoms with Gasteiger partial charge in [-0.2, -0.15) is 0 Å². The van der Waals surface area contributed by atoms with Crippen LogP contribution in [0.5, 0.6) is 0 Å². The van der Waals surface area contributed by atoms with Crippen LogP contribution < -0.4 is 15.9 Å². The van der Waals surface area contributed by atoms with Crippen LogP contribution in [-0.4, -0.2) is 56.9 Å². The Bertz CT molecular complexity index is 1180. The number of hydrogen-bond donors (Lipinski definition) is 2. The van der Waals surface area contributed by atoms with Crippen LogP contribution in [0.2, 0.25) is 0 Å². The maximum absolute atomic E-state index is 12.8. The molecular weight excluding hydrogens is 840 g/mol. The number of rotatable bonds is 51. The van der Waals surface area contributed by atoms with E-state index < -0.39 is 32.5 Å². The van der Waals surface area contributed by atoms with Gasteiger partial charge in [0.2, 0.25) is 5.91 Å². The highest BCUT2D eigenvalue weighted by Gasteiger charge is 2.21. The van der Waals surface area contributed by atoms with E-state index in [1.165, 1.54) is 122 Å². The topological polar surface area (TPSA) is 168 Å². The summed E-state index contributed by atoms with van der Waals surface area (Å²) >= 11 is 0. The number of amides is 1. The number of unbranched alkanes of at least 4 members (excludes halogenated alkanes) is 30. The van der Waals surface area contributed by atoms with E-state index in [1.54, 1.807) is 0 Å². The van der Waals surface area contributed by atoms with E-state index in [9.17, 15) is 23.8 Å². The van der Waals surface area contributed by atoms with Gasteiger partial charge in [0.1, 0.15) is 6.61 Å². The van der Waals surface area contributed by atoms with Gasteiger partial charge in [-0.15, -0.1) is 0 Å². The molecule has 0 radical (unpaired) electrons. The molecule has 0 fully saturated rings. The van der Waals surface area contributed by atoms with Crippen LogP contribution in [0.25, 0.3) is 0 Å². The fraction of sp³-hybridized carbons (Fsp3) is 0.868. The number of nitrogens with one attached hydrogen (secondary N) is 1. The second kappa shape index (κ2) is 49.9. The van der Waals surface area contributed by atoms with E-state index in [-0.39, 0.29) is 38.5 Å². The Hall–Kier alpha value is -2.04. The predicted octanol–water partition coefficient (Wildman–Crippen LogP) is 13.3. The molecule has 0 aliphatic carbocycles. The van der Waals surface area contributed by atoms with Crippen LogP contribution in [0, 0.1) is 0 Å². The van der Waals surface area contributed by atoms with Crippen molar-refractivity contribution in [2.75, 3.05) is 32.9 Å². The van der Waals surface area contributed by atoms with Crippen molar-refractivity contribution < 1.29 is 48.1 Å². The third-order valence-corrected chi connectivity index (χ3v) is 12.7. The van der Waals surface area contributed by atoms with Gasteiger partial charge in [0.05, 0.1) is 19.8 Å². The fourth-order valence-electron chi connectivity index (χ4n) is 7.65. The van der Waals surface area contributed by atoms with Gasteiger partial charge in [-0.1, -0.05) is 179 Å². The first-order valence-electron chi connectivity index (χ1n) is 27.0. The van der Waals surface area contributed by atoms with Crippen LogP contribution in [0.3, 0.4) is 0 Å². The lowest BCUT2D eigenvalue weighted by Gasteiger charge is -2.25. The number of hydrogen-bond acceptors (Lipinski definition) is 9. The van der Waals surface area contributed by atoms with Crippen LogP contribution in [-0.2, 0) is 37.5 Å². The van der Waals surface area contributed by atoms with E-state index in [4.69, 9.17) is 18.5 Å². The van der Waals surface area contributed by atoms with Crippen molar-refractivity contribution >= 4 is 25.7 Å². The Morgan fingerprint density at radius 1 is 0.508 bits per heavy atom. The molecule has 1 amide bonds. The van der Waals surface area contributed by atoms with E-state index in [0.717, 1.165) is 96.4 Å². The summed E-state index contributed by atoms with van der Waals surface area (Å²) in [5, 5.41) is 2.69. The SMILES string of the molecule is CCCCCCCCC=CCCCCCCCC(=O)OCC(COP(=O)([O-])OCCNC(=O)CCCCCCCCCCC[NH3+])OC(=O)CCCCCCCC=CCCCCCCCC. The molecule has 2 atom stereocenters. The summed E-state index contributed by atoms with van der Waals surface area (Å²) in [5.74, 6) is -1.06. The molecule has 4 N–H and O–H groups in total. The zero-order chi connectivity index (χ0) is 47.6.